The summed E-state index contributed by atoms with van der Waals surface area (Å²) in [6.45, 7) is 7.26. The number of benzene rings is 1. The van der Waals surface area contributed by atoms with E-state index in [1.165, 1.54) is 23.1 Å². The zero-order chi connectivity index (χ0) is 14.3. The maximum Gasteiger partial charge on any atom is 0.148 e. The Hall–Kier alpha value is -2.08. The number of aryl methyl sites for hydroxylation is 4. The van der Waals surface area contributed by atoms with Gasteiger partial charge in [0.05, 0.1) is 0 Å². The molecular weight excluding hydrogens is 246 g/mol. The molecule has 0 aliphatic carbocycles. The lowest BCUT2D eigenvalue weighted by Gasteiger charge is -2.13. The van der Waals surface area contributed by atoms with Gasteiger partial charge in [-0.05, 0) is 56.4 Å². The maximum absolute atomic E-state index is 9.53. The van der Waals surface area contributed by atoms with Crippen LogP contribution in [0.1, 0.15) is 41.1 Å². The van der Waals surface area contributed by atoms with Crippen LogP contribution in [0.25, 0.3) is 11.3 Å². The largest absolute Gasteiger partial charge is 0.319 e. The van der Waals surface area contributed by atoms with Crippen molar-refractivity contribution in [3.8, 4) is 17.3 Å². The topological polar surface area (TPSA) is 41.6 Å². The van der Waals surface area contributed by atoms with Crippen LogP contribution in [0.5, 0.6) is 0 Å². The van der Waals surface area contributed by atoms with Gasteiger partial charge >= 0.3 is 0 Å². The van der Waals surface area contributed by atoms with Crippen LogP contribution >= 0.6 is 0 Å². The van der Waals surface area contributed by atoms with Crippen LogP contribution in [-0.2, 0) is 13.0 Å². The molecule has 102 valence electrons. The molecule has 0 unspecified atom stereocenters. The zero-order valence-electron chi connectivity index (χ0n) is 12.3. The number of imidazole rings is 1. The zero-order valence-corrected chi connectivity index (χ0v) is 12.3. The summed E-state index contributed by atoms with van der Waals surface area (Å²) in [6, 6.07) is 6.72. The summed E-state index contributed by atoms with van der Waals surface area (Å²) in [4.78, 5) is 4.76. The Balaban J connectivity index is 2.23. The molecule has 2 heterocycles. The van der Waals surface area contributed by atoms with E-state index in [9.17, 15) is 5.26 Å². The molecule has 0 spiro atoms. The van der Waals surface area contributed by atoms with E-state index >= 15 is 0 Å². The highest BCUT2D eigenvalue weighted by molar-refractivity contribution is 5.70. The summed E-state index contributed by atoms with van der Waals surface area (Å²) in [5, 5.41) is 9.53. The Labute approximate surface area is 119 Å². The number of hydrogen-bond donors (Lipinski definition) is 0. The quantitative estimate of drug-likeness (QED) is 0.789. The molecule has 0 radical (unpaired) electrons. The second kappa shape index (κ2) is 4.79. The van der Waals surface area contributed by atoms with Crippen LogP contribution < -0.4 is 0 Å². The molecule has 3 nitrogen and oxygen atoms in total. The lowest BCUT2D eigenvalue weighted by Crippen LogP contribution is -2.11. The fourth-order valence-electron chi connectivity index (χ4n) is 3.00. The van der Waals surface area contributed by atoms with Gasteiger partial charge in [-0.1, -0.05) is 6.07 Å². The van der Waals surface area contributed by atoms with E-state index in [0.29, 0.717) is 0 Å². The summed E-state index contributed by atoms with van der Waals surface area (Å²) in [5.41, 5.74) is 6.43. The predicted molar refractivity (Wildman–Crippen MR) is 79.5 cm³/mol. The van der Waals surface area contributed by atoms with E-state index in [-0.39, 0.29) is 0 Å². The van der Waals surface area contributed by atoms with Gasteiger partial charge in [0.25, 0.3) is 0 Å². The Bertz CT molecular complexity index is 717. The molecule has 0 bridgehead atoms. The van der Waals surface area contributed by atoms with Crippen LogP contribution in [0.3, 0.4) is 0 Å². The van der Waals surface area contributed by atoms with E-state index in [1.54, 1.807) is 0 Å². The highest BCUT2D eigenvalue weighted by Crippen LogP contribution is 2.31. The fourth-order valence-corrected chi connectivity index (χ4v) is 3.00. The molecule has 1 aromatic carbocycles. The summed E-state index contributed by atoms with van der Waals surface area (Å²) in [6.07, 6.45) is 3.30. The fraction of sp³-hybridized carbons (Fsp3) is 0.412. The van der Waals surface area contributed by atoms with Crippen LogP contribution in [-0.4, -0.2) is 9.55 Å². The normalized spacial score (nSPS) is 13.9. The second-order valence-corrected chi connectivity index (χ2v) is 5.70. The third kappa shape index (κ3) is 1.92. The Morgan fingerprint density at radius 1 is 1.10 bits per heavy atom. The number of aromatic nitrogens is 2. The SMILES string of the molecule is Cc1cc(C)c(-c2nc3n(c2C#N)CCCC3)cc1C. The molecule has 0 amide bonds. The first-order valence-electron chi connectivity index (χ1n) is 7.19. The lowest BCUT2D eigenvalue weighted by atomic mass is 9.98. The third-order valence-electron chi connectivity index (χ3n) is 4.28. The minimum atomic E-state index is 0.728. The average molecular weight is 265 g/mol. The molecule has 1 aliphatic heterocycles. The summed E-state index contributed by atoms with van der Waals surface area (Å²) < 4.78 is 2.10. The van der Waals surface area contributed by atoms with Gasteiger partial charge in [0.1, 0.15) is 23.3 Å². The standard InChI is InChI=1S/C17H19N3/c1-11-8-13(3)14(9-12(11)2)17-15(10-18)20-7-5-4-6-16(20)19-17/h8-9H,4-7H2,1-3H3. The second-order valence-electron chi connectivity index (χ2n) is 5.70. The van der Waals surface area contributed by atoms with Crippen molar-refractivity contribution < 1.29 is 0 Å². The number of rotatable bonds is 1. The van der Waals surface area contributed by atoms with E-state index < -0.39 is 0 Å². The van der Waals surface area contributed by atoms with Crippen molar-refractivity contribution in [2.45, 2.75) is 46.6 Å². The average Bonchev–Trinajstić information content (AvgIpc) is 2.81. The molecule has 20 heavy (non-hydrogen) atoms. The molecule has 0 N–H and O–H groups in total. The Morgan fingerprint density at radius 3 is 2.60 bits per heavy atom. The third-order valence-corrected chi connectivity index (χ3v) is 4.28. The smallest absolute Gasteiger partial charge is 0.148 e. The van der Waals surface area contributed by atoms with E-state index in [0.717, 1.165) is 42.2 Å². The Kier molecular flexibility index (Phi) is 3.10. The van der Waals surface area contributed by atoms with Gasteiger partial charge in [-0.3, -0.25) is 0 Å². The van der Waals surface area contributed by atoms with Gasteiger partial charge in [0.2, 0.25) is 0 Å². The van der Waals surface area contributed by atoms with Crippen LogP contribution in [0, 0.1) is 32.1 Å². The van der Waals surface area contributed by atoms with E-state index in [2.05, 4.69) is 43.5 Å². The van der Waals surface area contributed by atoms with Gasteiger partial charge in [-0.15, -0.1) is 0 Å². The van der Waals surface area contributed by atoms with Crippen molar-refractivity contribution in [2.75, 3.05) is 0 Å². The van der Waals surface area contributed by atoms with Crippen molar-refractivity contribution in [1.82, 2.24) is 9.55 Å². The molecule has 0 fully saturated rings. The molecule has 3 heteroatoms. The summed E-state index contributed by atoms with van der Waals surface area (Å²) in [5.74, 6) is 1.07. The minimum absolute atomic E-state index is 0.728. The molecular formula is C17H19N3. The maximum atomic E-state index is 9.53. The minimum Gasteiger partial charge on any atom is -0.319 e. The molecule has 0 saturated carbocycles. The van der Waals surface area contributed by atoms with E-state index in [1.807, 2.05) is 0 Å². The van der Waals surface area contributed by atoms with Crippen LogP contribution in [0.15, 0.2) is 12.1 Å². The van der Waals surface area contributed by atoms with Gasteiger partial charge in [-0.2, -0.15) is 5.26 Å². The lowest BCUT2D eigenvalue weighted by molar-refractivity contribution is 0.519. The van der Waals surface area contributed by atoms with Crippen molar-refractivity contribution in [3.63, 3.8) is 0 Å². The Morgan fingerprint density at radius 2 is 1.85 bits per heavy atom. The molecule has 3 rings (SSSR count). The first kappa shape index (κ1) is 12.9. The van der Waals surface area contributed by atoms with Crippen molar-refractivity contribution in [1.29, 1.82) is 5.26 Å². The van der Waals surface area contributed by atoms with E-state index in [4.69, 9.17) is 4.98 Å². The van der Waals surface area contributed by atoms with Crippen LogP contribution in [0.4, 0.5) is 0 Å². The number of nitriles is 1. The number of hydrogen-bond acceptors (Lipinski definition) is 2. The summed E-state index contributed by atoms with van der Waals surface area (Å²) in [7, 11) is 0. The molecule has 0 saturated heterocycles. The van der Waals surface area contributed by atoms with Gasteiger partial charge < -0.3 is 4.57 Å². The van der Waals surface area contributed by atoms with Crippen LogP contribution in [0.2, 0.25) is 0 Å². The molecule has 0 atom stereocenters. The molecule has 1 aromatic heterocycles. The molecule has 2 aromatic rings. The monoisotopic (exact) mass is 265 g/mol. The van der Waals surface area contributed by atoms with Crippen molar-refractivity contribution in [3.05, 3.63) is 40.3 Å². The van der Waals surface area contributed by atoms with Gasteiger partial charge in [0, 0.05) is 18.5 Å². The first-order chi connectivity index (χ1) is 9.61. The predicted octanol–water partition coefficient (Wildman–Crippen LogP) is 3.68. The van der Waals surface area contributed by atoms with Gasteiger partial charge in [0.15, 0.2) is 0 Å². The van der Waals surface area contributed by atoms with Crippen molar-refractivity contribution in [2.24, 2.45) is 0 Å². The van der Waals surface area contributed by atoms with Gasteiger partial charge in [-0.25, -0.2) is 4.98 Å². The highest BCUT2D eigenvalue weighted by Gasteiger charge is 2.21. The van der Waals surface area contributed by atoms with Crippen molar-refractivity contribution >= 4 is 0 Å². The molecule has 1 aliphatic rings. The summed E-state index contributed by atoms with van der Waals surface area (Å²) >= 11 is 0. The highest BCUT2D eigenvalue weighted by atomic mass is 15.1. The number of nitrogens with zero attached hydrogens (tertiary/aromatic N) is 3. The number of fused-ring (bicyclic) bond motifs is 1. The first-order valence-corrected chi connectivity index (χ1v) is 7.19.